The topological polar surface area (TPSA) is 86.3 Å². The lowest BCUT2D eigenvalue weighted by Gasteiger charge is -2.27. The molecule has 0 saturated carbocycles. The number of rotatable bonds is 5. The summed E-state index contributed by atoms with van der Waals surface area (Å²) < 4.78 is 74.1. The SMILES string of the molecule is Cc1cc(C(F)(F)F)cc(N2C(=O)N(C[C@@H]3CN(C)C(=O)O3)C[C@H]2C(=O)N(C)c2ccc(F)c(Cl)c2F)n1. The number of hydrogen-bond acceptors (Lipinski definition) is 5. The van der Waals surface area contributed by atoms with Gasteiger partial charge in [-0.1, -0.05) is 11.6 Å². The van der Waals surface area contributed by atoms with Gasteiger partial charge >= 0.3 is 18.3 Å². The number of likely N-dealkylation sites (N-methyl/N-ethyl adjacent to an activating group) is 2. The lowest BCUT2D eigenvalue weighted by molar-refractivity contribution is -0.137. The highest BCUT2D eigenvalue weighted by Gasteiger charge is 2.47. The highest BCUT2D eigenvalue weighted by Crippen LogP contribution is 2.35. The summed E-state index contributed by atoms with van der Waals surface area (Å²) in [5.41, 5.74) is -1.57. The summed E-state index contributed by atoms with van der Waals surface area (Å²) in [5, 5.41) is -0.856. The Bertz CT molecular complexity index is 1310. The van der Waals surface area contributed by atoms with Crippen LogP contribution in [0.25, 0.3) is 0 Å². The zero-order chi connectivity index (χ0) is 28.1. The van der Waals surface area contributed by atoms with Gasteiger partial charge in [0.15, 0.2) is 5.82 Å². The highest BCUT2D eigenvalue weighted by atomic mass is 35.5. The van der Waals surface area contributed by atoms with E-state index in [9.17, 15) is 36.3 Å². The van der Waals surface area contributed by atoms with Crippen LogP contribution in [0.3, 0.4) is 0 Å². The quantitative estimate of drug-likeness (QED) is 0.406. The molecule has 1 aromatic heterocycles. The molecular weight excluding hydrogens is 541 g/mol. The second-order valence-electron chi connectivity index (χ2n) is 8.90. The molecule has 4 rings (SSSR count). The van der Waals surface area contributed by atoms with Crippen LogP contribution >= 0.6 is 11.6 Å². The summed E-state index contributed by atoms with van der Waals surface area (Å²) >= 11 is 5.64. The maximum atomic E-state index is 14.7. The molecule has 15 heteroatoms. The number of hydrogen-bond donors (Lipinski definition) is 0. The molecule has 3 heterocycles. The Morgan fingerprint density at radius 3 is 2.50 bits per heavy atom. The molecule has 0 spiro atoms. The molecule has 204 valence electrons. The summed E-state index contributed by atoms with van der Waals surface area (Å²) in [6, 6.07) is 0.902. The Morgan fingerprint density at radius 2 is 1.89 bits per heavy atom. The van der Waals surface area contributed by atoms with Crippen molar-refractivity contribution in [2.24, 2.45) is 0 Å². The zero-order valence-electron chi connectivity index (χ0n) is 20.2. The van der Waals surface area contributed by atoms with E-state index in [4.69, 9.17) is 16.3 Å². The van der Waals surface area contributed by atoms with Crippen molar-refractivity contribution >= 4 is 41.1 Å². The molecule has 0 N–H and O–H groups in total. The van der Waals surface area contributed by atoms with E-state index in [2.05, 4.69) is 4.98 Å². The van der Waals surface area contributed by atoms with Crippen LogP contribution in [0.2, 0.25) is 5.02 Å². The minimum Gasteiger partial charge on any atom is -0.442 e. The van der Waals surface area contributed by atoms with Gasteiger partial charge in [0.2, 0.25) is 0 Å². The molecule has 2 atom stereocenters. The zero-order valence-corrected chi connectivity index (χ0v) is 21.0. The van der Waals surface area contributed by atoms with Gasteiger partial charge < -0.3 is 19.4 Å². The summed E-state index contributed by atoms with van der Waals surface area (Å²) in [5.74, 6) is -3.64. The van der Waals surface area contributed by atoms with Gasteiger partial charge in [-0.15, -0.1) is 0 Å². The van der Waals surface area contributed by atoms with Gasteiger partial charge in [0.25, 0.3) is 5.91 Å². The molecule has 2 aliphatic rings. The number of aromatic nitrogens is 1. The molecule has 4 amide bonds. The maximum absolute atomic E-state index is 14.7. The van der Waals surface area contributed by atoms with E-state index >= 15 is 0 Å². The van der Waals surface area contributed by atoms with Gasteiger partial charge in [-0.3, -0.25) is 9.69 Å². The molecule has 0 unspecified atom stereocenters. The average Bonchev–Trinajstić information content (AvgIpc) is 3.33. The first-order valence-electron chi connectivity index (χ1n) is 11.2. The van der Waals surface area contributed by atoms with E-state index in [0.717, 1.165) is 39.9 Å². The smallest absolute Gasteiger partial charge is 0.416 e. The predicted molar refractivity (Wildman–Crippen MR) is 125 cm³/mol. The normalized spacial score (nSPS) is 19.9. The van der Waals surface area contributed by atoms with E-state index in [1.54, 1.807) is 0 Å². The van der Waals surface area contributed by atoms with E-state index < -0.39 is 70.1 Å². The summed E-state index contributed by atoms with van der Waals surface area (Å²) in [4.78, 5) is 46.7. The number of anilines is 2. The maximum Gasteiger partial charge on any atom is 0.416 e. The molecule has 2 fully saturated rings. The number of carbonyl (C=O) groups excluding carboxylic acids is 3. The number of pyridine rings is 1. The largest absolute Gasteiger partial charge is 0.442 e. The number of benzene rings is 1. The lowest BCUT2D eigenvalue weighted by Crippen LogP contribution is -2.47. The molecule has 2 saturated heterocycles. The van der Waals surface area contributed by atoms with E-state index in [1.807, 2.05) is 0 Å². The van der Waals surface area contributed by atoms with Crippen LogP contribution in [-0.4, -0.2) is 78.7 Å². The highest BCUT2D eigenvalue weighted by molar-refractivity contribution is 6.31. The van der Waals surface area contributed by atoms with E-state index in [0.29, 0.717) is 6.07 Å². The Morgan fingerprint density at radius 1 is 1.21 bits per heavy atom. The first-order valence-corrected chi connectivity index (χ1v) is 11.5. The van der Waals surface area contributed by atoms with Gasteiger partial charge in [-0.05, 0) is 31.2 Å². The number of cyclic esters (lactones) is 1. The van der Waals surface area contributed by atoms with Crippen LogP contribution in [0.5, 0.6) is 0 Å². The third-order valence-corrected chi connectivity index (χ3v) is 6.51. The minimum atomic E-state index is -4.77. The van der Waals surface area contributed by atoms with Crippen molar-refractivity contribution < 1.29 is 41.1 Å². The Balaban J connectivity index is 1.72. The third kappa shape index (κ3) is 5.04. The summed E-state index contributed by atoms with van der Waals surface area (Å²) in [6.07, 6.45) is -6.14. The monoisotopic (exact) mass is 561 g/mol. The number of ether oxygens (including phenoxy) is 1. The van der Waals surface area contributed by atoms with E-state index in [-0.39, 0.29) is 25.3 Å². The Labute approximate surface area is 218 Å². The number of halogens is 6. The van der Waals surface area contributed by atoms with Crippen LogP contribution in [0, 0.1) is 18.6 Å². The van der Waals surface area contributed by atoms with Crippen LogP contribution in [-0.2, 0) is 15.7 Å². The number of urea groups is 1. The van der Waals surface area contributed by atoms with Crippen LogP contribution in [0.1, 0.15) is 11.3 Å². The Hall–Kier alpha value is -3.68. The minimum absolute atomic E-state index is 0.0664. The number of nitrogens with zero attached hydrogens (tertiary/aromatic N) is 5. The molecule has 38 heavy (non-hydrogen) atoms. The fourth-order valence-corrected chi connectivity index (χ4v) is 4.46. The first kappa shape index (κ1) is 27.4. The van der Waals surface area contributed by atoms with Crippen molar-refractivity contribution in [2.45, 2.75) is 25.2 Å². The van der Waals surface area contributed by atoms with E-state index in [1.165, 1.54) is 18.9 Å². The van der Waals surface area contributed by atoms with Gasteiger partial charge in [0.1, 0.15) is 28.8 Å². The first-order chi connectivity index (χ1) is 17.7. The molecule has 0 radical (unpaired) electrons. The van der Waals surface area contributed by atoms with Crippen LogP contribution in [0.4, 0.5) is 43.0 Å². The average molecular weight is 562 g/mol. The van der Waals surface area contributed by atoms with Gasteiger partial charge in [0.05, 0.1) is 30.9 Å². The standard InChI is InChI=1S/C23H21ClF5N5O4/c1-11-6-12(23(27,28)29)7-17(30-11)34-16(10-33(21(34)36)9-13-8-31(2)22(37)38-13)20(35)32(3)15-5-4-14(25)18(24)19(15)26/h4-7,13,16H,8-10H2,1-3H3/t13-,16-/m0/s1. The molecule has 1 aromatic carbocycles. The van der Waals surface area contributed by atoms with Gasteiger partial charge in [-0.25, -0.2) is 23.4 Å². The van der Waals surface area contributed by atoms with Crippen molar-refractivity contribution in [1.82, 2.24) is 14.8 Å². The summed E-state index contributed by atoms with van der Waals surface area (Å²) in [6.45, 7) is 0.936. The number of carbonyl (C=O) groups is 3. The van der Waals surface area contributed by atoms with Gasteiger partial charge in [-0.2, -0.15) is 13.2 Å². The van der Waals surface area contributed by atoms with Crippen molar-refractivity contribution in [1.29, 1.82) is 0 Å². The molecular formula is C23H21ClF5N5O4. The lowest BCUT2D eigenvalue weighted by atomic mass is 10.1. The number of aryl methyl sites for hydroxylation is 1. The van der Waals surface area contributed by atoms with Crippen molar-refractivity contribution in [2.75, 3.05) is 43.5 Å². The Kier molecular flexibility index (Phi) is 7.12. The molecule has 0 bridgehead atoms. The van der Waals surface area contributed by atoms with Gasteiger partial charge in [0, 0.05) is 19.8 Å². The van der Waals surface area contributed by atoms with Crippen molar-refractivity contribution in [3.63, 3.8) is 0 Å². The molecule has 0 aliphatic carbocycles. The predicted octanol–water partition coefficient (Wildman–Crippen LogP) is 4.06. The molecule has 2 aliphatic heterocycles. The fraction of sp³-hybridized carbons (Fsp3) is 0.391. The summed E-state index contributed by atoms with van der Waals surface area (Å²) in [7, 11) is 2.64. The number of alkyl halides is 3. The second-order valence-corrected chi connectivity index (χ2v) is 9.28. The second kappa shape index (κ2) is 9.89. The van der Waals surface area contributed by atoms with Crippen LogP contribution in [0.15, 0.2) is 24.3 Å². The fourth-order valence-electron chi connectivity index (χ4n) is 4.30. The van der Waals surface area contributed by atoms with Crippen molar-refractivity contribution in [3.8, 4) is 0 Å². The van der Waals surface area contributed by atoms with Crippen molar-refractivity contribution in [3.05, 3.63) is 52.2 Å². The van der Waals surface area contributed by atoms with Crippen LogP contribution < -0.4 is 9.80 Å². The number of amides is 4. The molecule has 9 nitrogen and oxygen atoms in total. The molecule has 2 aromatic rings. The third-order valence-electron chi connectivity index (χ3n) is 6.17.